The third-order valence-electron chi connectivity index (χ3n) is 17.0. The lowest BCUT2D eigenvalue weighted by molar-refractivity contribution is 0.332. The van der Waals surface area contributed by atoms with E-state index in [0.29, 0.717) is 0 Å². The molecule has 0 unspecified atom stereocenters. The second-order valence-corrected chi connectivity index (χ2v) is 24.9. The minimum Gasteiger partial charge on any atom is -0.376 e. The molecule has 0 aromatic heterocycles. The molecular weight excluding hydrogens is 844 g/mol. The number of hydrogen-bond donors (Lipinski definition) is 0. The van der Waals surface area contributed by atoms with Gasteiger partial charge in [-0.3, -0.25) is 0 Å². The summed E-state index contributed by atoms with van der Waals surface area (Å²) < 4.78 is 0. The van der Waals surface area contributed by atoms with Crippen molar-refractivity contribution in [3.8, 4) is 44.5 Å². The predicted molar refractivity (Wildman–Crippen MR) is 301 cm³/mol. The Morgan fingerprint density at radius 3 is 1.69 bits per heavy atom. The first kappa shape index (κ1) is 44.6. The van der Waals surface area contributed by atoms with Crippen molar-refractivity contribution in [2.45, 2.75) is 123 Å². The Balaban J connectivity index is 1.28. The molecule has 0 fully saturated rings. The zero-order valence-corrected chi connectivity index (χ0v) is 43.5. The van der Waals surface area contributed by atoms with Crippen molar-refractivity contribution in [3.63, 3.8) is 0 Å². The average Bonchev–Trinajstić information content (AvgIpc) is 3.58. The van der Waals surface area contributed by atoms with Gasteiger partial charge in [0.25, 0.3) is 0 Å². The van der Waals surface area contributed by atoms with Gasteiger partial charge in [0.15, 0.2) is 0 Å². The van der Waals surface area contributed by atoms with Gasteiger partial charge in [0.2, 0.25) is 0 Å². The highest BCUT2D eigenvalue weighted by molar-refractivity contribution is 6.93. The van der Waals surface area contributed by atoms with Gasteiger partial charge in [0, 0.05) is 39.2 Å². The molecule has 0 atom stereocenters. The Morgan fingerprint density at radius 2 is 1.03 bits per heavy atom. The maximum atomic E-state index is 2.75. The van der Waals surface area contributed by atoms with E-state index in [9.17, 15) is 0 Å². The number of benzene rings is 8. The summed E-state index contributed by atoms with van der Waals surface area (Å²) in [6.45, 7) is 28.6. The fourth-order valence-electron chi connectivity index (χ4n) is 12.8. The topological polar surface area (TPSA) is 6.48 Å². The van der Waals surface area contributed by atoms with Crippen LogP contribution in [0.15, 0.2) is 164 Å². The Bertz CT molecular complexity index is 3420. The van der Waals surface area contributed by atoms with Crippen molar-refractivity contribution < 1.29 is 0 Å². The van der Waals surface area contributed by atoms with Crippen LogP contribution in [0.25, 0.3) is 44.5 Å². The SMILES string of the molecule is CC(C)(C)c1ccc(N2B3c4ccc5c(c4N(c4ccc(C(C)(C)C)cc4-c4ccccc4)c4cc(-c6ccccc6)cc(c43)-c3cc4c(cc32)C(C)(C)CCC4(C)C)-c2ccccc2C5(C)C)cc1. The van der Waals surface area contributed by atoms with Crippen molar-refractivity contribution in [1.29, 1.82) is 0 Å². The smallest absolute Gasteiger partial charge is 0.333 e. The van der Waals surface area contributed by atoms with Gasteiger partial charge in [0.1, 0.15) is 0 Å². The standard InChI is InChI=1S/C67H67BN2/c1-63(2,3)45-27-30-47(31-28-45)70-58-41-55-54(65(7,8)35-36-66(55,9)10)40-50(58)51-37-44(42-21-15-13-16-22-42)38-59-61(51)68(70)56-33-32-53-60(48-25-19-20-26-52(48)67(53,11)12)62(56)69(59)57-34-29-46(64(4,5)6)39-49(57)43-23-17-14-18-24-43/h13-34,37-41H,35-36H2,1-12H3. The molecule has 0 radical (unpaired) electrons. The molecule has 348 valence electrons. The molecule has 8 aromatic rings. The summed E-state index contributed by atoms with van der Waals surface area (Å²) in [7, 11) is 0. The molecule has 3 heteroatoms. The van der Waals surface area contributed by atoms with E-state index in [1.54, 1.807) is 0 Å². The second kappa shape index (κ2) is 15.2. The quantitative estimate of drug-likeness (QED) is 0.162. The van der Waals surface area contributed by atoms with Crippen molar-refractivity contribution >= 4 is 46.2 Å². The first-order valence-electron chi connectivity index (χ1n) is 25.8. The lowest BCUT2D eigenvalue weighted by atomic mass is 9.42. The summed E-state index contributed by atoms with van der Waals surface area (Å²) in [6.07, 6.45) is 2.32. The minimum absolute atomic E-state index is 0.0261. The Kier molecular flexibility index (Phi) is 9.70. The first-order chi connectivity index (χ1) is 33.2. The molecule has 70 heavy (non-hydrogen) atoms. The molecule has 8 aromatic carbocycles. The van der Waals surface area contributed by atoms with Crippen LogP contribution in [0, 0.1) is 0 Å². The van der Waals surface area contributed by atoms with E-state index in [1.807, 2.05) is 0 Å². The molecule has 0 spiro atoms. The highest BCUT2D eigenvalue weighted by Crippen LogP contribution is 2.59. The summed E-state index contributed by atoms with van der Waals surface area (Å²) in [5.74, 6) is 0. The predicted octanol–water partition coefficient (Wildman–Crippen LogP) is 17.0. The van der Waals surface area contributed by atoms with Crippen LogP contribution in [0.1, 0.15) is 129 Å². The van der Waals surface area contributed by atoms with Gasteiger partial charge in [0.05, 0.1) is 11.4 Å². The van der Waals surface area contributed by atoms with Crippen molar-refractivity contribution in [3.05, 3.63) is 197 Å². The zero-order valence-electron chi connectivity index (χ0n) is 43.5. The van der Waals surface area contributed by atoms with Crippen LogP contribution in [0.5, 0.6) is 0 Å². The highest BCUT2D eigenvalue weighted by Gasteiger charge is 2.50. The summed E-state index contributed by atoms with van der Waals surface area (Å²) >= 11 is 0. The zero-order chi connectivity index (χ0) is 48.9. The minimum atomic E-state index is -0.193. The summed E-state index contributed by atoms with van der Waals surface area (Å²) in [5.41, 5.74) is 27.4. The molecule has 0 saturated heterocycles. The molecule has 2 aliphatic heterocycles. The Morgan fingerprint density at radius 1 is 0.429 bits per heavy atom. The van der Waals surface area contributed by atoms with Gasteiger partial charge in [-0.15, -0.1) is 0 Å². The van der Waals surface area contributed by atoms with Crippen molar-refractivity contribution in [1.82, 2.24) is 0 Å². The highest BCUT2D eigenvalue weighted by atomic mass is 15.2. The number of rotatable bonds is 4. The van der Waals surface area contributed by atoms with Crippen LogP contribution >= 0.6 is 0 Å². The Hall–Kier alpha value is -6.58. The monoisotopic (exact) mass is 911 g/mol. The van der Waals surface area contributed by atoms with Crippen LogP contribution in [0.4, 0.5) is 28.4 Å². The number of nitrogens with zero attached hydrogens (tertiary/aromatic N) is 2. The van der Waals surface area contributed by atoms with E-state index in [4.69, 9.17) is 0 Å². The molecule has 2 aliphatic carbocycles. The fourth-order valence-corrected chi connectivity index (χ4v) is 12.8. The van der Waals surface area contributed by atoms with E-state index >= 15 is 0 Å². The summed E-state index contributed by atoms with van der Waals surface area (Å²) in [6, 6.07) is 63.8. The number of fused-ring (bicyclic) bond motifs is 9. The van der Waals surface area contributed by atoms with Gasteiger partial charge in [-0.05, 0) is 155 Å². The van der Waals surface area contributed by atoms with E-state index in [-0.39, 0.29) is 33.9 Å². The van der Waals surface area contributed by atoms with Crippen molar-refractivity contribution in [2.75, 3.05) is 9.71 Å². The van der Waals surface area contributed by atoms with Gasteiger partial charge in [-0.2, -0.15) is 0 Å². The fraction of sp³-hybridized carbons (Fsp3) is 0.284. The number of anilines is 5. The number of hydrogen-bond acceptors (Lipinski definition) is 2. The van der Waals surface area contributed by atoms with Crippen LogP contribution < -0.4 is 20.6 Å². The second-order valence-electron chi connectivity index (χ2n) is 24.9. The normalized spacial score (nSPS) is 16.7. The van der Waals surface area contributed by atoms with E-state index in [2.05, 4.69) is 257 Å². The first-order valence-corrected chi connectivity index (χ1v) is 25.8. The van der Waals surface area contributed by atoms with E-state index < -0.39 is 0 Å². The lowest BCUT2D eigenvalue weighted by Crippen LogP contribution is -2.62. The molecule has 12 rings (SSSR count). The van der Waals surface area contributed by atoms with Crippen LogP contribution in [0.3, 0.4) is 0 Å². The molecule has 0 bridgehead atoms. The molecule has 0 N–H and O–H groups in total. The molecular formula is C67H67BN2. The van der Waals surface area contributed by atoms with Gasteiger partial charge in [-0.1, -0.05) is 198 Å². The third kappa shape index (κ3) is 6.67. The van der Waals surface area contributed by atoms with E-state index in [0.717, 1.165) is 12.8 Å². The average molecular weight is 911 g/mol. The van der Waals surface area contributed by atoms with Crippen molar-refractivity contribution in [2.24, 2.45) is 0 Å². The summed E-state index contributed by atoms with van der Waals surface area (Å²) in [5, 5.41) is 0. The molecule has 0 saturated carbocycles. The van der Waals surface area contributed by atoms with E-state index in [1.165, 1.54) is 117 Å². The molecule has 2 nitrogen and oxygen atoms in total. The van der Waals surface area contributed by atoms with Gasteiger partial charge in [-0.25, -0.2) is 0 Å². The summed E-state index contributed by atoms with van der Waals surface area (Å²) in [4.78, 5) is 5.48. The lowest BCUT2D eigenvalue weighted by Gasteiger charge is -2.49. The maximum Gasteiger partial charge on any atom is 0.333 e. The van der Waals surface area contributed by atoms with Gasteiger partial charge < -0.3 is 9.71 Å². The van der Waals surface area contributed by atoms with Gasteiger partial charge >= 0.3 is 6.85 Å². The molecule has 4 aliphatic rings. The molecule has 2 heterocycles. The van der Waals surface area contributed by atoms with Crippen LogP contribution in [-0.4, -0.2) is 6.85 Å². The van der Waals surface area contributed by atoms with Crippen LogP contribution in [0.2, 0.25) is 0 Å². The molecule has 0 amide bonds. The largest absolute Gasteiger partial charge is 0.376 e. The Labute approximate surface area is 418 Å². The maximum absolute atomic E-state index is 2.75. The van der Waals surface area contributed by atoms with Crippen LogP contribution in [-0.2, 0) is 27.1 Å². The third-order valence-corrected chi connectivity index (χ3v) is 17.0.